The first-order valence-electron chi connectivity index (χ1n) is 5.43. The van der Waals surface area contributed by atoms with Crippen molar-refractivity contribution >= 4 is 22.6 Å². The van der Waals surface area contributed by atoms with E-state index in [-0.39, 0.29) is 5.69 Å². The predicted molar refractivity (Wildman–Crippen MR) is 66.4 cm³/mol. The van der Waals surface area contributed by atoms with Crippen molar-refractivity contribution in [3.63, 3.8) is 0 Å². The number of carboxylic acid groups (broad SMARTS) is 1. The Bertz CT molecular complexity index is 623. The van der Waals surface area contributed by atoms with E-state index in [4.69, 9.17) is 5.11 Å². The molecule has 0 saturated carbocycles. The highest BCUT2D eigenvalue weighted by molar-refractivity contribution is 6.05. The van der Waals surface area contributed by atoms with Gasteiger partial charge in [0.1, 0.15) is 12.2 Å². The quantitative estimate of drug-likeness (QED) is 0.854. The van der Waals surface area contributed by atoms with Crippen LogP contribution in [0.4, 0.5) is 0 Å². The molecule has 1 amide bonds. The van der Waals surface area contributed by atoms with Crippen LogP contribution in [-0.4, -0.2) is 28.5 Å². The zero-order valence-corrected chi connectivity index (χ0v) is 9.80. The Balaban J connectivity index is 2.40. The summed E-state index contributed by atoms with van der Waals surface area (Å²) in [5.74, 6) is -1.56. The molecular weight excluding hydrogens is 232 g/mol. The fourth-order valence-electron chi connectivity index (χ4n) is 1.70. The number of carbonyl (C=O) groups is 2. The molecule has 92 valence electrons. The number of amides is 1. The molecule has 5 nitrogen and oxygen atoms in total. The highest BCUT2D eigenvalue weighted by Gasteiger charge is 2.12. The summed E-state index contributed by atoms with van der Waals surface area (Å²) in [4.78, 5) is 26.3. The van der Waals surface area contributed by atoms with Crippen LogP contribution in [-0.2, 0) is 4.79 Å². The highest BCUT2D eigenvalue weighted by atomic mass is 16.4. The summed E-state index contributed by atoms with van der Waals surface area (Å²) in [7, 11) is 0. The first-order valence-corrected chi connectivity index (χ1v) is 5.43. The normalized spacial score (nSPS) is 10.3. The highest BCUT2D eigenvalue weighted by Crippen LogP contribution is 2.18. The van der Waals surface area contributed by atoms with Crippen molar-refractivity contribution in [3.8, 4) is 0 Å². The minimum absolute atomic E-state index is 0.248. The topological polar surface area (TPSA) is 79.3 Å². The first kappa shape index (κ1) is 12.0. The zero-order valence-electron chi connectivity index (χ0n) is 9.80. The van der Waals surface area contributed by atoms with E-state index >= 15 is 0 Å². The Labute approximate surface area is 103 Å². The first-order chi connectivity index (χ1) is 8.58. The Morgan fingerprint density at radius 1 is 1.33 bits per heavy atom. The molecule has 1 aromatic heterocycles. The van der Waals surface area contributed by atoms with E-state index < -0.39 is 18.4 Å². The number of nitrogens with zero attached hydrogens (tertiary/aromatic N) is 1. The van der Waals surface area contributed by atoms with Gasteiger partial charge in [-0.25, -0.2) is 0 Å². The molecule has 0 aliphatic heterocycles. The summed E-state index contributed by atoms with van der Waals surface area (Å²) in [6, 6.07) is 7.52. The van der Waals surface area contributed by atoms with E-state index in [0.717, 1.165) is 16.3 Å². The largest absolute Gasteiger partial charge is 0.480 e. The van der Waals surface area contributed by atoms with Crippen molar-refractivity contribution in [2.75, 3.05) is 6.54 Å². The summed E-state index contributed by atoms with van der Waals surface area (Å²) in [6.07, 6.45) is 1.54. The third-order valence-corrected chi connectivity index (χ3v) is 2.54. The van der Waals surface area contributed by atoms with Gasteiger partial charge >= 0.3 is 5.97 Å². The van der Waals surface area contributed by atoms with Crippen LogP contribution >= 0.6 is 0 Å². The van der Waals surface area contributed by atoms with Gasteiger partial charge in [-0.1, -0.05) is 17.7 Å². The molecule has 0 saturated heterocycles. The SMILES string of the molecule is Cc1ccc2ccnc(C(=O)NCC(=O)O)c2c1. The number of aryl methyl sites for hydroxylation is 1. The molecule has 2 N–H and O–H groups in total. The fraction of sp³-hybridized carbons (Fsp3) is 0.154. The lowest BCUT2D eigenvalue weighted by atomic mass is 10.1. The van der Waals surface area contributed by atoms with Crippen molar-refractivity contribution in [2.24, 2.45) is 0 Å². The van der Waals surface area contributed by atoms with E-state index in [2.05, 4.69) is 10.3 Å². The van der Waals surface area contributed by atoms with Gasteiger partial charge in [0.25, 0.3) is 5.91 Å². The molecule has 0 bridgehead atoms. The van der Waals surface area contributed by atoms with Crippen LogP contribution in [0.1, 0.15) is 16.1 Å². The number of carboxylic acids is 1. The number of hydrogen-bond acceptors (Lipinski definition) is 3. The molecule has 2 rings (SSSR count). The molecule has 0 unspecified atom stereocenters. The predicted octanol–water partition coefficient (Wildman–Crippen LogP) is 1.36. The standard InChI is InChI=1S/C13H12N2O3/c1-8-2-3-9-4-5-14-12(10(9)6-8)13(18)15-7-11(16)17/h2-6H,7H2,1H3,(H,15,18)(H,16,17). The van der Waals surface area contributed by atoms with Gasteiger partial charge in [0, 0.05) is 11.6 Å². The Hall–Kier alpha value is -2.43. The summed E-state index contributed by atoms with van der Waals surface area (Å²) in [6.45, 7) is 1.51. The van der Waals surface area contributed by atoms with Gasteiger partial charge in [0.15, 0.2) is 0 Å². The van der Waals surface area contributed by atoms with E-state index in [1.165, 1.54) is 6.20 Å². The van der Waals surface area contributed by atoms with Crippen LogP contribution in [0.5, 0.6) is 0 Å². The average Bonchev–Trinajstić information content (AvgIpc) is 2.35. The molecule has 1 heterocycles. The third-order valence-electron chi connectivity index (χ3n) is 2.54. The number of fused-ring (bicyclic) bond motifs is 1. The van der Waals surface area contributed by atoms with Crippen LogP contribution in [0.15, 0.2) is 30.5 Å². The van der Waals surface area contributed by atoms with Crippen molar-refractivity contribution in [1.29, 1.82) is 0 Å². The molecule has 18 heavy (non-hydrogen) atoms. The summed E-state index contributed by atoms with van der Waals surface area (Å²) < 4.78 is 0. The van der Waals surface area contributed by atoms with E-state index in [1.54, 1.807) is 0 Å². The minimum atomic E-state index is -1.08. The number of carbonyl (C=O) groups excluding carboxylic acids is 1. The van der Waals surface area contributed by atoms with Crippen molar-refractivity contribution in [2.45, 2.75) is 6.92 Å². The summed E-state index contributed by atoms with van der Waals surface area (Å²) >= 11 is 0. The molecule has 0 atom stereocenters. The molecule has 0 radical (unpaired) electrons. The van der Waals surface area contributed by atoms with Gasteiger partial charge in [-0.15, -0.1) is 0 Å². The molecule has 0 aliphatic rings. The van der Waals surface area contributed by atoms with Crippen molar-refractivity contribution in [1.82, 2.24) is 10.3 Å². The molecule has 1 aromatic carbocycles. The zero-order chi connectivity index (χ0) is 13.1. The molecule has 0 aliphatic carbocycles. The van der Waals surface area contributed by atoms with Crippen LogP contribution in [0.25, 0.3) is 10.8 Å². The van der Waals surface area contributed by atoms with Crippen LogP contribution in [0.3, 0.4) is 0 Å². The van der Waals surface area contributed by atoms with E-state index in [9.17, 15) is 9.59 Å². The van der Waals surface area contributed by atoms with Crippen molar-refractivity contribution in [3.05, 3.63) is 41.7 Å². The molecular formula is C13H12N2O3. The lowest BCUT2D eigenvalue weighted by Crippen LogP contribution is -2.30. The fourth-order valence-corrected chi connectivity index (χ4v) is 1.70. The number of benzene rings is 1. The van der Waals surface area contributed by atoms with E-state index in [0.29, 0.717) is 0 Å². The number of pyridine rings is 1. The average molecular weight is 244 g/mol. The van der Waals surface area contributed by atoms with Gasteiger partial charge in [-0.3, -0.25) is 14.6 Å². The van der Waals surface area contributed by atoms with Gasteiger partial charge in [-0.2, -0.15) is 0 Å². The second-order valence-electron chi connectivity index (χ2n) is 3.96. The minimum Gasteiger partial charge on any atom is -0.480 e. The monoisotopic (exact) mass is 244 g/mol. The maximum atomic E-state index is 11.8. The second kappa shape index (κ2) is 4.83. The van der Waals surface area contributed by atoms with Gasteiger partial charge in [0.2, 0.25) is 0 Å². The second-order valence-corrected chi connectivity index (χ2v) is 3.96. The Morgan fingerprint density at radius 3 is 2.83 bits per heavy atom. The number of hydrogen-bond donors (Lipinski definition) is 2. The maximum Gasteiger partial charge on any atom is 0.322 e. The Morgan fingerprint density at radius 2 is 2.11 bits per heavy atom. The van der Waals surface area contributed by atoms with Gasteiger partial charge < -0.3 is 10.4 Å². The van der Waals surface area contributed by atoms with Crippen LogP contribution in [0.2, 0.25) is 0 Å². The number of aromatic nitrogens is 1. The molecule has 2 aromatic rings. The summed E-state index contributed by atoms with van der Waals surface area (Å²) in [5.41, 5.74) is 1.26. The molecule has 0 fully saturated rings. The smallest absolute Gasteiger partial charge is 0.322 e. The van der Waals surface area contributed by atoms with Gasteiger partial charge in [-0.05, 0) is 24.4 Å². The number of aliphatic carboxylic acids is 1. The Kier molecular flexibility index (Phi) is 3.23. The van der Waals surface area contributed by atoms with Crippen molar-refractivity contribution < 1.29 is 14.7 Å². The molecule has 5 heteroatoms. The third kappa shape index (κ3) is 2.45. The summed E-state index contributed by atoms with van der Waals surface area (Å²) in [5, 5.41) is 12.5. The van der Waals surface area contributed by atoms with Crippen LogP contribution < -0.4 is 5.32 Å². The lowest BCUT2D eigenvalue weighted by Gasteiger charge is -2.06. The maximum absolute atomic E-state index is 11.8. The van der Waals surface area contributed by atoms with Crippen LogP contribution in [0, 0.1) is 6.92 Å². The number of nitrogens with one attached hydrogen (secondary N) is 1. The number of rotatable bonds is 3. The van der Waals surface area contributed by atoms with Gasteiger partial charge in [0.05, 0.1) is 0 Å². The van der Waals surface area contributed by atoms with E-state index in [1.807, 2.05) is 31.2 Å². The lowest BCUT2D eigenvalue weighted by molar-refractivity contribution is -0.135. The molecule has 0 spiro atoms.